The molecule has 1 aromatic carbocycles. The largest absolute Gasteiger partial charge is 0.444 e. The Hall–Kier alpha value is -1.82. The van der Waals surface area contributed by atoms with Crippen LogP contribution in [-0.2, 0) is 4.74 Å². The summed E-state index contributed by atoms with van der Waals surface area (Å²) in [5.41, 5.74) is 3.37. The van der Waals surface area contributed by atoms with Crippen molar-refractivity contribution < 1.29 is 13.9 Å². The highest BCUT2D eigenvalue weighted by Gasteiger charge is 2.25. The minimum absolute atomic E-state index is 0.271. The Morgan fingerprint density at radius 3 is 2.48 bits per heavy atom. The molecule has 1 saturated heterocycles. The third-order valence-corrected chi connectivity index (χ3v) is 3.04. The van der Waals surface area contributed by atoms with Crippen molar-refractivity contribution in [3.63, 3.8) is 0 Å². The van der Waals surface area contributed by atoms with Gasteiger partial charge in [0, 0.05) is 26.2 Å². The van der Waals surface area contributed by atoms with Crippen LogP contribution < -0.4 is 5.43 Å². The second-order valence-corrected chi connectivity index (χ2v) is 6.08. The third kappa shape index (κ3) is 4.90. The van der Waals surface area contributed by atoms with Crippen molar-refractivity contribution in [1.29, 1.82) is 0 Å². The van der Waals surface area contributed by atoms with E-state index >= 15 is 0 Å². The average Bonchev–Trinajstić information content (AvgIpc) is 2.37. The van der Waals surface area contributed by atoms with Crippen molar-refractivity contribution in [3.05, 3.63) is 30.1 Å². The molecule has 0 unspecified atom stereocenters. The molecule has 1 fully saturated rings. The Morgan fingerprint density at radius 2 is 1.90 bits per heavy atom. The summed E-state index contributed by atoms with van der Waals surface area (Å²) in [6.45, 7) is 8.05. The number of anilines is 1. The molecule has 0 aliphatic carbocycles. The van der Waals surface area contributed by atoms with Crippen LogP contribution in [0.3, 0.4) is 0 Å². The van der Waals surface area contributed by atoms with Crippen LogP contribution in [0.5, 0.6) is 0 Å². The van der Waals surface area contributed by atoms with E-state index in [-0.39, 0.29) is 11.9 Å². The molecule has 5 nitrogen and oxygen atoms in total. The molecule has 0 bridgehead atoms. The molecule has 0 aromatic heterocycles. The summed E-state index contributed by atoms with van der Waals surface area (Å²) in [4.78, 5) is 13.6. The highest BCUT2D eigenvalue weighted by molar-refractivity contribution is 5.68. The monoisotopic (exact) mass is 295 g/mol. The number of amides is 1. The number of hydrazine groups is 1. The molecule has 0 spiro atoms. The van der Waals surface area contributed by atoms with Crippen molar-refractivity contribution >= 4 is 11.8 Å². The summed E-state index contributed by atoms with van der Waals surface area (Å²) in [5.74, 6) is -0.271. The van der Waals surface area contributed by atoms with Crippen LogP contribution in [0.1, 0.15) is 20.8 Å². The van der Waals surface area contributed by atoms with Crippen molar-refractivity contribution in [2.45, 2.75) is 26.4 Å². The molecule has 0 atom stereocenters. The van der Waals surface area contributed by atoms with E-state index in [4.69, 9.17) is 4.74 Å². The summed E-state index contributed by atoms with van der Waals surface area (Å²) in [7, 11) is 0. The predicted molar refractivity (Wildman–Crippen MR) is 79.4 cm³/mol. The van der Waals surface area contributed by atoms with Gasteiger partial charge in [-0.2, -0.15) is 0 Å². The first kappa shape index (κ1) is 15.6. The Bertz CT molecular complexity index is 494. The minimum atomic E-state index is -0.478. The van der Waals surface area contributed by atoms with Crippen LogP contribution in [0, 0.1) is 5.82 Å². The van der Waals surface area contributed by atoms with Gasteiger partial charge in [-0.1, -0.05) is 6.07 Å². The number of carbonyl (C=O) groups excluding carboxylic acids is 1. The van der Waals surface area contributed by atoms with Gasteiger partial charge in [0.25, 0.3) is 0 Å². The van der Waals surface area contributed by atoms with Crippen molar-refractivity contribution in [2.24, 2.45) is 0 Å². The van der Waals surface area contributed by atoms with Gasteiger partial charge in [0.15, 0.2) is 0 Å². The second kappa shape index (κ2) is 6.30. The van der Waals surface area contributed by atoms with E-state index in [9.17, 15) is 9.18 Å². The summed E-state index contributed by atoms with van der Waals surface area (Å²) in [5, 5.41) is 1.97. The number of nitrogens with zero attached hydrogens (tertiary/aromatic N) is 2. The fourth-order valence-corrected chi connectivity index (χ4v) is 2.07. The molecule has 116 valence electrons. The number of ether oxygens (including phenoxy) is 1. The molecular formula is C15H22FN3O2. The van der Waals surface area contributed by atoms with Crippen molar-refractivity contribution in [3.8, 4) is 0 Å². The number of hydrogen-bond acceptors (Lipinski definition) is 4. The van der Waals surface area contributed by atoms with Gasteiger partial charge in [-0.15, -0.1) is 0 Å². The molecule has 21 heavy (non-hydrogen) atoms. The summed E-state index contributed by atoms with van der Waals surface area (Å²) < 4.78 is 18.5. The van der Waals surface area contributed by atoms with Crippen LogP contribution >= 0.6 is 0 Å². The number of benzene rings is 1. The molecule has 1 aromatic rings. The molecule has 1 heterocycles. The van der Waals surface area contributed by atoms with E-state index in [2.05, 4.69) is 5.43 Å². The molecule has 2 rings (SSSR count). The number of piperazine rings is 1. The number of nitrogens with one attached hydrogen (secondary N) is 1. The van der Waals surface area contributed by atoms with Gasteiger partial charge in [0.1, 0.15) is 11.4 Å². The van der Waals surface area contributed by atoms with Crippen molar-refractivity contribution in [2.75, 3.05) is 31.6 Å². The van der Waals surface area contributed by atoms with Gasteiger partial charge < -0.3 is 15.1 Å². The van der Waals surface area contributed by atoms with E-state index < -0.39 is 5.60 Å². The normalized spacial score (nSPS) is 16.7. The Balaban J connectivity index is 1.82. The Morgan fingerprint density at radius 1 is 1.24 bits per heavy atom. The number of halogens is 1. The minimum Gasteiger partial charge on any atom is -0.444 e. The molecule has 1 aliphatic rings. The highest BCUT2D eigenvalue weighted by Crippen LogP contribution is 2.14. The van der Waals surface area contributed by atoms with E-state index in [0.29, 0.717) is 31.9 Å². The average molecular weight is 295 g/mol. The Labute approximate surface area is 124 Å². The summed E-state index contributed by atoms with van der Waals surface area (Å²) >= 11 is 0. The van der Waals surface area contributed by atoms with Gasteiger partial charge in [-0.3, -0.25) is 0 Å². The SMILES string of the molecule is CC(C)(C)OC(=O)N1CCN(Nc2cccc(F)c2)CC1. The molecule has 1 amide bonds. The van der Waals surface area contributed by atoms with Crippen LogP contribution in [0.4, 0.5) is 14.9 Å². The molecule has 1 N–H and O–H groups in total. The maximum absolute atomic E-state index is 13.1. The topological polar surface area (TPSA) is 44.8 Å². The highest BCUT2D eigenvalue weighted by atomic mass is 19.1. The van der Waals surface area contributed by atoms with Gasteiger partial charge in [0.2, 0.25) is 0 Å². The van der Waals surface area contributed by atoms with E-state index in [0.717, 1.165) is 0 Å². The van der Waals surface area contributed by atoms with Crippen LogP contribution in [0.25, 0.3) is 0 Å². The van der Waals surface area contributed by atoms with Gasteiger partial charge in [0.05, 0.1) is 5.69 Å². The predicted octanol–water partition coefficient (Wildman–Crippen LogP) is 2.71. The van der Waals surface area contributed by atoms with Gasteiger partial charge in [-0.25, -0.2) is 14.2 Å². The molecule has 0 radical (unpaired) electrons. The fourth-order valence-electron chi connectivity index (χ4n) is 2.07. The quantitative estimate of drug-likeness (QED) is 0.911. The number of rotatable bonds is 2. The molecular weight excluding hydrogens is 273 g/mol. The molecule has 6 heteroatoms. The first-order chi connectivity index (χ1) is 9.83. The third-order valence-electron chi connectivity index (χ3n) is 3.04. The lowest BCUT2D eigenvalue weighted by Crippen LogP contribution is -2.51. The fraction of sp³-hybridized carbons (Fsp3) is 0.533. The first-order valence-corrected chi connectivity index (χ1v) is 7.08. The van der Waals surface area contributed by atoms with Crippen LogP contribution in [0.2, 0.25) is 0 Å². The lowest BCUT2D eigenvalue weighted by atomic mass is 10.2. The smallest absolute Gasteiger partial charge is 0.410 e. The number of carbonyl (C=O) groups is 1. The van der Waals surface area contributed by atoms with E-state index in [1.54, 1.807) is 11.0 Å². The van der Waals surface area contributed by atoms with E-state index in [1.165, 1.54) is 12.1 Å². The zero-order chi connectivity index (χ0) is 15.5. The lowest BCUT2D eigenvalue weighted by molar-refractivity contribution is 0.0163. The standard InChI is InChI=1S/C15H22FN3O2/c1-15(2,3)21-14(20)18-7-9-19(10-8-18)17-13-6-4-5-12(16)11-13/h4-6,11,17H,7-10H2,1-3H3. The molecule has 1 aliphatic heterocycles. The first-order valence-electron chi connectivity index (χ1n) is 7.08. The summed E-state index contributed by atoms with van der Waals surface area (Å²) in [6.07, 6.45) is -0.284. The Kier molecular flexibility index (Phi) is 4.67. The second-order valence-electron chi connectivity index (χ2n) is 6.08. The summed E-state index contributed by atoms with van der Waals surface area (Å²) in [6, 6.07) is 6.32. The number of hydrogen-bond donors (Lipinski definition) is 1. The zero-order valence-corrected chi connectivity index (χ0v) is 12.7. The van der Waals surface area contributed by atoms with Crippen LogP contribution in [-0.4, -0.2) is 47.8 Å². The van der Waals surface area contributed by atoms with Gasteiger partial charge in [-0.05, 0) is 39.0 Å². The van der Waals surface area contributed by atoms with Gasteiger partial charge >= 0.3 is 6.09 Å². The van der Waals surface area contributed by atoms with Crippen molar-refractivity contribution in [1.82, 2.24) is 9.91 Å². The lowest BCUT2D eigenvalue weighted by Gasteiger charge is -2.36. The maximum Gasteiger partial charge on any atom is 0.410 e. The van der Waals surface area contributed by atoms with E-state index in [1.807, 2.05) is 31.8 Å². The maximum atomic E-state index is 13.1. The molecule has 0 saturated carbocycles. The zero-order valence-electron chi connectivity index (χ0n) is 12.7. The van der Waals surface area contributed by atoms with Crippen LogP contribution in [0.15, 0.2) is 24.3 Å².